The van der Waals surface area contributed by atoms with Crippen LogP contribution in [0.4, 0.5) is 0 Å². The molecule has 0 aliphatic heterocycles. The van der Waals surface area contributed by atoms with Gasteiger partial charge in [-0.05, 0) is 32.4 Å². The van der Waals surface area contributed by atoms with Gasteiger partial charge in [-0.15, -0.1) is 0 Å². The van der Waals surface area contributed by atoms with Crippen LogP contribution in [0.3, 0.4) is 0 Å². The van der Waals surface area contributed by atoms with Crippen LogP contribution in [-0.4, -0.2) is 4.57 Å². The molecule has 0 saturated heterocycles. The Morgan fingerprint density at radius 1 is 1.50 bits per heavy atom. The summed E-state index contributed by atoms with van der Waals surface area (Å²) in [7, 11) is 0. The van der Waals surface area contributed by atoms with E-state index in [0.717, 1.165) is 5.70 Å². The van der Waals surface area contributed by atoms with E-state index < -0.39 is 0 Å². The van der Waals surface area contributed by atoms with Gasteiger partial charge in [0.05, 0.1) is 0 Å². The highest BCUT2D eigenvalue weighted by Crippen LogP contribution is 2.00. The number of hydrogen-bond donors (Lipinski definition) is 1. The smallest absolute Gasteiger partial charge is 0.129 e. The van der Waals surface area contributed by atoms with Crippen molar-refractivity contribution >= 4 is 5.70 Å². The van der Waals surface area contributed by atoms with Crippen molar-refractivity contribution in [2.75, 3.05) is 0 Å². The predicted octanol–water partition coefficient (Wildman–Crippen LogP) is 2.16. The number of nitrogens with one attached hydrogen (secondary N) is 1. The molecule has 0 aliphatic carbocycles. The van der Waals surface area contributed by atoms with Gasteiger partial charge < -0.3 is 4.57 Å². The van der Waals surface area contributed by atoms with Crippen LogP contribution in [-0.2, 0) is 0 Å². The molecule has 1 aromatic heterocycles. The van der Waals surface area contributed by atoms with E-state index in [1.54, 1.807) is 0 Å². The first-order chi connectivity index (χ1) is 5.65. The topological polar surface area (TPSA) is 28.8 Å². The lowest BCUT2D eigenvalue weighted by molar-refractivity contribution is 0.927. The van der Waals surface area contributed by atoms with Crippen molar-refractivity contribution in [3.05, 3.63) is 35.5 Å². The molecule has 0 spiro atoms. The number of hydrogen-bond acceptors (Lipinski definition) is 1. The zero-order valence-corrected chi connectivity index (χ0v) is 7.76. The third kappa shape index (κ3) is 1.64. The quantitative estimate of drug-likeness (QED) is 0.655. The maximum absolute atomic E-state index is 7.62. The van der Waals surface area contributed by atoms with Crippen LogP contribution in [0.5, 0.6) is 0 Å². The minimum atomic E-state index is 0.524. The number of pyridine rings is 1. The zero-order valence-electron chi connectivity index (χ0n) is 7.76. The molecule has 0 aliphatic rings. The summed E-state index contributed by atoms with van der Waals surface area (Å²) in [6.07, 6.45) is 3.97. The Bertz CT molecular complexity index is 358. The molecule has 0 bridgehead atoms. The molecule has 0 radical (unpaired) electrons. The minimum absolute atomic E-state index is 0.524. The van der Waals surface area contributed by atoms with Crippen molar-refractivity contribution in [1.29, 1.82) is 5.41 Å². The van der Waals surface area contributed by atoms with Crippen LogP contribution in [0.1, 0.15) is 19.4 Å². The monoisotopic (exact) mass is 162 g/mol. The second-order valence-corrected chi connectivity index (χ2v) is 2.89. The standard InChI is InChI=1S/C10H14N2/c1-4-9(3)12-7-8(2)5-6-10(12)11/h4-7,11H,1-3H3/b9-4+,11-10?. The summed E-state index contributed by atoms with van der Waals surface area (Å²) in [5.41, 5.74) is 2.78. The van der Waals surface area contributed by atoms with E-state index in [9.17, 15) is 0 Å². The number of aryl methyl sites for hydroxylation is 1. The molecular weight excluding hydrogens is 148 g/mol. The Morgan fingerprint density at radius 2 is 2.17 bits per heavy atom. The summed E-state index contributed by atoms with van der Waals surface area (Å²) in [6, 6.07) is 3.75. The van der Waals surface area contributed by atoms with Gasteiger partial charge in [-0.2, -0.15) is 0 Å². The Balaban J connectivity index is 3.33. The molecule has 0 fully saturated rings. The first kappa shape index (κ1) is 8.78. The molecule has 2 nitrogen and oxygen atoms in total. The van der Waals surface area contributed by atoms with Crippen molar-refractivity contribution in [3.63, 3.8) is 0 Å². The van der Waals surface area contributed by atoms with Crippen LogP contribution >= 0.6 is 0 Å². The number of rotatable bonds is 1. The van der Waals surface area contributed by atoms with Crippen molar-refractivity contribution in [3.8, 4) is 0 Å². The van der Waals surface area contributed by atoms with Gasteiger partial charge in [0.15, 0.2) is 0 Å². The van der Waals surface area contributed by atoms with Gasteiger partial charge in [-0.3, -0.25) is 5.41 Å². The minimum Gasteiger partial charge on any atom is -0.306 e. The van der Waals surface area contributed by atoms with Crippen LogP contribution in [0.2, 0.25) is 0 Å². The predicted molar refractivity (Wildman–Crippen MR) is 50.6 cm³/mol. The average molecular weight is 162 g/mol. The summed E-state index contributed by atoms with van der Waals surface area (Å²) in [6.45, 7) is 6.00. The molecule has 64 valence electrons. The molecule has 1 heterocycles. The van der Waals surface area contributed by atoms with E-state index in [2.05, 4.69) is 0 Å². The van der Waals surface area contributed by atoms with Crippen LogP contribution in [0.25, 0.3) is 5.70 Å². The zero-order chi connectivity index (χ0) is 9.14. The lowest BCUT2D eigenvalue weighted by Gasteiger charge is -2.06. The normalized spacial score (nSPS) is 11.8. The van der Waals surface area contributed by atoms with Gasteiger partial charge in [0, 0.05) is 11.9 Å². The van der Waals surface area contributed by atoms with Gasteiger partial charge in [0.25, 0.3) is 0 Å². The summed E-state index contributed by atoms with van der Waals surface area (Å²) < 4.78 is 1.87. The first-order valence-corrected chi connectivity index (χ1v) is 4.02. The van der Waals surface area contributed by atoms with Crippen molar-refractivity contribution in [2.24, 2.45) is 0 Å². The average Bonchev–Trinajstić information content (AvgIpc) is 2.08. The van der Waals surface area contributed by atoms with Crippen LogP contribution < -0.4 is 5.49 Å². The SMILES string of the molecule is C/C=C(\C)n1cc(C)ccc1=N. The van der Waals surface area contributed by atoms with E-state index >= 15 is 0 Å². The maximum Gasteiger partial charge on any atom is 0.129 e. The summed E-state index contributed by atoms with van der Waals surface area (Å²) in [5, 5.41) is 7.62. The van der Waals surface area contributed by atoms with Crippen LogP contribution in [0.15, 0.2) is 24.4 Å². The molecule has 1 N–H and O–H groups in total. The lowest BCUT2D eigenvalue weighted by atomic mass is 10.3. The van der Waals surface area contributed by atoms with E-state index in [1.165, 1.54) is 5.56 Å². The molecule has 0 aromatic carbocycles. The Kier molecular flexibility index (Phi) is 2.48. The maximum atomic E-state index is 7.62. The Hall–Kier alpha value is -1.31. The fourth-order valence-corrected chi connectivity index (χ4v) is 1.04. The number of aromatic nitrogens is 1. The second-order valence-electron chi connectivity index (χ2n) is 2.89. The van der Waals surface area contributed by atoms with Gasteiger partial charge in [-0.25, -0.2) is 0 Å². The highest BCUT2D eigenvalue weighted by molar-refractivity contribution is 5.41. The van der Waals surface area contributed by atoms with Gasteiger partial charge in [-0.1, -0.05) is 12.1 Å². The molecule has 0 atom stereocenters. The summed E-state index contributed by atoms with van der Waals surface area (Å²) >= 11 is 0. The molecule has 1 rings (SSSR count). The van der Waals surface area contributed by atoms with Crippen molar-refractivity contribution in [1.82, 2.24) is 4.57 Å². The van der Waals surface area contributed by atoms with Crippen molar-refractivity contribution in [2.45, 2.75) is 20.8 Å². The fourth-order valence-electron chi connectivity index (χ4n) is 1.04. The first-order valence-electron chi connectivity index (χ1n) is 4.02. The van der Waals surface area contributed by atoms with Crippen LogP contribution in [0, 0.1) is 12.3 Å². The van der Waals surface area contributed by atoms with E-state index in [0.29, 0.717) is 5.49 Å². The number of nitrogens with zero attached hydrogens (tertiary/aromatic N) is 1. The Labute approximate surface area is 72.7 Å². The molecule has 2 heteroatoms. The Morgan fingerprint density at radius 3 is 2.75 bits per heavy atom. The van der Waals surface area contributed by atoms with E-state index in [4.69, 9.17) is 5.41 Å². The molecule has 12 heavy (non-hydrogen) atoms. The molecule has 0 unspecified atom stereocenters. The molecular formula is C10H14N2. The van der Waals surface area contributed by atoms with E-state index in [1.807, 2.05) is 49.7 Å². The molecule has 1 aromatic rings. The van der Waals surface area contributed by atoms with Gasteiger partial charge in [0.1, 0.15) is 5.49 Å². The lowest BCUT2D eigenvalue weighted by Crippen LogP contribution is -2.16. The van der Waals surface area contributed by atoms with Crippen molar-refractivity contribution < 1.29 is 0 Å². The highest BCUT2D eigenvalue weighted by atomic mass is 15.0. The van der Waals surface area contributed by atoms with Gasteiger partial charge in [0.2, 0.25) is 0 Å². The highest BCUT2D eigenvalue weighted by Gasteiger charge is 1.93. The largest absolute Gasteiger partial charge is 0.306 e. The molecule has 0 saturated carbocycles. The molecule has 0 amide bonds. The van der Waals surface area contributed by atoms with E-state index in [-0.39, 0.29) is 0 Å². The summed E-state index contributed by atoms with van der Waals surface area (Å²) in [4.78, 5) is 0. The number of allylic oxidation sites excluding steroid dienone is 2. The fraction of sp³-hybridized carbons (Fsp3) is 0.300. The third-order valence-electron chi connectivity index (χ3n) is 1.89. The van der Waals surface area contributed by atoms with Gasteiger partial charge >= 0.3 is 0 Å². The summed E-state index contributed by atoms with van der Waals surface area (Å²) in [5.74, 6) is 0. The third-order valence-corrected chi connectivity index (χ3v) is 1.89. The second kappa shape index (κ2) is 3.39.